The Labute approximate surface area is 161 Å². The first-order valence-electron chi connectivity index (χ1n) is 8.65. The summed E-state index contributed by atoms with van der Waals surface area (Å²) in [6, 6.07) is 5.27. The minimum Gasteiger partial charge on any atom is -0.465 e. The number of halogens is 1. The van der Waals surface area contributed by atoms with E-state index >= 15 is 0 Å². The van der Waals surface area contributed by atoms with E-state index in [1.54, 1.807) is 0 Å². The first kappa shape index (κ1) is 19.5. The van der Waals surface area contributed by atoms with Crippen molar-refractivity contribution in [3.05, 3.63) is 51.7 Å². The van der Waals surface area contributed by atoms with E-state index < -0.39 is 17.7 Å². The summed E-state index contributed by atoms with van der Waals surface area (Å²) in [6.07, 6.45) is 0.638. The van der Waals surface area contributed by atoms with Crippen molar-refractivity contribution in [1.82, 2.24) is 5.32 Å². The van der Waals surface area contributed by atoms with E-state index in [1.165, 1.54) is 42.7 Å². The second kappa shape index (κ2) is 6.73. The first-order chi connectivity index (χ1) is 12.5. The molecule has 0 bridgehead atoms. The van der Waals surface area contributed by atoms with Crippen LogP contribution in [0.5, 0.6) is 0 Å². The van der Waals surface area contributed by atoms with Crippen molar-refractivity contribution >= 4 is 28.2 Å². The number of benzene rings is 1. The van der Waals surface area contributed by atoms with Crippen molar-refractivity contribution in [1.29, 1.82) is 0 Å². The fraction of sp³-hybridized carbons (Fsp3) is 0.400. The third kappa shape index (κ3) is 3.75. The summed E-state index contributed by atoms with van der Waals surface area (Å²) in [5, 5.41) is 6.85. The van der Waals surface area contributed by atoms with Gasteiger partial charge in [-0.3, -0.25) is 4.79 Å². The van der Waals surface area contributed by atoms with Gasteiger partial charge in [-0.1, -0.05) is 0 Å². The molecule has 0 atom stereocenters. The lowest BCUT2D eigenvalue weighted by molar-refractivity contribution is 0.0600. The van der Waals surface area contributed by atoms with Gasteiger partial charge < -0.3 is 15.4 Å². The number of esters is 1. The molecule has 1 aromatic heterocycles. The van der Waals surface area contributed by atoms with Gasteiger partial charge in [0.15, 0.2) is 0 Å². The lowest BCUT2D eigenvalue weighted by Crippen LogP contribution is -2.55. The Balaban J connectivity index is 2.06. The molecule has 0 fully saturated rings. The SMILES string of the molecule is COC(=O)c1c(NC(=O)c2ccc(F)cc2)sc2c1CC(C)(C)NC2(C)C. The number of nitrogens with one attached hydrogen (secondary N) is 2. The standard InChI is InChI=1S/C20H23FN2O3S/c1-19(2)10-13-14(18(25)26-5)17(27-15(13)20(3,4)23-19)22-16(24)11-6-8-12(21)9-7-11/h6-9,23H,10H2,1-5H3,(H,22,24). The van der Waals surface area contributed by atoms with E-state index in [2.05, 4.69) is 38.3 Å². The minimum atomic E-state index is -0.476. The predicted octanol–water partition coefficient (Wildman–Crippen LogP) is 4.09. The number of anilines is 1. The number of thiophene rings is 1. The van der Waals surface area contributed by atoms with Gasteiger partial charge in [0.25, 0.3) is 5.91 Å². The lowest BCUT2D eigenvalue weighted by atomic mass is 9.81. The summed E-state index contributed by atoms with van der Waals surface area (Å²) in [4.78, 5) is 26.1. The van der Waals surface area contributed by atoms with Gasteiger partial charge in [0.2, 0.25) is 0 Å². The molecule has 0 unspecified atom stereocenters. The lowest BCUT2D eigenvalue weighted by Gasteiger charge is -2.42. The van der Waals surface area contributed by atoms with Gasteiger partial charge >= 0.3 is 5.97 Å². The average molecular weight is 390 g/mol. The highest BCUT2D eigenvalue weighted by molar-refractivity contribution is 7.17. The van der Waals surface area contributed by atoms with E-state index in [0.717, 1.165) is 10.4 Å². The topological polar surface area (TPSA) is 67.4 Å². The van der Waals surface area contributed by atoms with Gasteiger partial charge in [-0.05, 0) is 63.9 Å². The average Bonchev–Trinajstić information content (AvgIpc) is 2.91. The number of carbonyl (C=O) groups excluding carboxylic acids is 2. The number of amides is 1. The molecule has 5 nitrogen and oxygen atoms in total. The van der Waals surface area contributed by atoms with Crippen molar-refractivity contribution in [2.24, 2.45) is 0 Å². The zero-order chi connectivity index (χ0) is 20.0. The molecule has 7 heteroatoms. The van der Waals surface area contributed by atoms with Crippen LogP contribution in [0.1, 0.15) is 58.9 Å². The fourth-order valence-corrected chi connectivity index (χ4v) is 4.97. The molecule has 0 saturated carbocycles. The van der Waals surface area contributed by atoms with Crippen molar-refractivity contribution in [3.63, 3.8) is 0 Å². The number of rotatable bonds is 3. The molecule has 27 heavy (non-hydrogen) atoms. The second-order valence-electron chi connectivity index (χ2n) is 7.88. The summed E-state index contributed by atoms with van der Waals surface area (Å²) in [5.74, 6) is -1.29. The van der Waals surface area contributed by atoms with Gasteiger partial charge in [0.05, 0.1) is 12.7 Å². The van der Waals surface area contributed by atoms with E-state index in [4.69, 9.17) is 4.74 Å². The highest BCUT2D eigenvalue weighted by atomic mass is 32.1. The van der Waals surface area contributed by atoms with Crippen molar-refractivity contribution in [2.75, 3.05) is 12.4 Å². The van der Waals surface area contributed by atoms with Crippen LogP contribution in [0.2, 0.25) is 0 Å². The summed E-state index contributed by atoms with van der Waals surface area (Å²) in [7, 11) is 1.33. The summed E-state index contributed by atoms with van der Waals surface area (Å²) in [6.45, 7) is 8.26. The van der Waals surface area contributed by atoms with Crippen LogP contribution in [0.3, 0.4) is 0 Å². The molecule has 0 saturated heterocycles. The molecule has 0 spiro atoms. The van der Waals surface area contributed by atoms with Gasteiger partial charge in [-0.25, -0.2) is 9.18 Å². The molecular weight excluding hydrogens is 367 g/mol. The molecular formula is C20H23FN2O3S. The Morgan fingerprint density at radius 3 is 2.41 bits per heavy atom. The van der Waals surface area contributed by atoms with Crippen LogP contribution in [-0.4, -0.2) is 24.5 Å². The maximum Gasteiger partial charge on any atom is 0.341 e. The van der Waals surface area contributed by atoms with E-state index in [9.17, 15) is 14.0 Å². The van der Waals surface area contributed by atoms with E-state index in [-0.39, 0.29) is 11.1 Å². The normalized spacial score (nSPS) is 17.1. The summed E-state index contributed by atoms with van der Waals surface area (Å²) in [5.41, 5.74) is 1.05. The predicted molar refractivity (Wildman–Crippen MR) is 104 cm³/mol. The second-order valence-corrected chi connectivity index (χ2v) is 8.90. The Kier molecular flexibility index (Phi) is 4.86. The van der Waals surface area contributed by atoms with E-state index in [0.29, 0.717) is 22.5 Å². The maximum absolute atomic E-state index is 13.1. The van der Waals surface area contributed by atoms with Gasteiger partial charge in [-0.15, -0.1) is 11.3 Å². The Morgan fingerprint density at radius 2 is 1.81 bits per heavy atom. The van der Waals surface area contributed by atoms with Crippen LogP contribution in [0, 0.1) is 5.82 Å². The largest absolute Gasteiger partial charge is 0.465 e. The molecule has 0 aliphatic carbocycles. The molecule has 1 aromatic carbocycles. The number of carbonyl (C=O) groups is 2. The molecule has 3 rings (SSSR count). The zero-order valence-electron chi connectivity index (χ0n) is 16.0. The smallest absolute Gasteiger partial charge is 0.341 e. The molecule has 1 aliphatic rings. The van der Waals surface area contributed by atoms with Crippen LogP contribution in [-0.2, 0) is 16.7 Å². The highest BCUT2D eigenvalue weighted by Gasteiger charge is 2.42. The van der Waals surface area contributed by atoms with Gasteiger partial charge in [-0.2, -0.15) is 0 Å². The summed E-state index contributed by atoms with van der Waals surface area (Å²) < 4.78 is 18.1. The molecule has 0 radical (unpaired) electrons. The molecule has 1 amide bonds. The quantitative estimate of drug-likeness (QED) is 0.775. The highest BCUT2D eigenvalue weighted by Crippen LogP contribution is 2.45. The Bertz CT molecular complexity index is 901. The fourth-order valence-electron chi connectivity index (χ4n) is 3.71. The van der Waals surface area contributed by atoms with Crippen molar-refractivity contribution < 1.29 is 18.7 Å². The maximum atomic E-state index is 13.1. The van der Waals surface area contributed by atoms with Crippen LogP contribution in [0.4, 0.5) is 9.39 Å². The van der Waals surface area contributed by atoms with Gasteiger partial charge in [0.1, 0.15) is 10.8 Å². The molecule has 2 heterocycles. The minimum absolute atomic E-state index is 0.210. The summed E-state index contributed by atoms with van der Waals surface area (Å²) >= 11 is 1.37. The van der Waals surface area contributed by atoms with Crippen molar-refractivity contribution in [3.8, 4) is 0 Å². The molecule has 2 N–H and O–H groups in total. The molecule has 2 aromatic rings. The number of ether oxygens (including phenoxy) is 1. The zero-order valence-corrected chi connectivity index (χ0v) is 16.8. The number of hydrogen-bond acceptors (Lipinski definition) is 5. The molecule has 1 aliphatic heterocycles. The Hall–Kier alpha value is -2.25. The van der Waals surface area contributed by atoms with Crippen LogP contribution >= 0.6 is 11.3 Å². The first-order valence-corrected chi connectivity index (χ1v) is 9.46. The van der Waals surface area contributed by atoms with E-state index in [1.807, 2.05) is 0 Å². The van der Waals surface area contributed by atoms with Crippen LogP contribution < -0.4 is 10.6 Å². The third-order valence-corrected chi connectivity index (χ3v) is 6.04. The number of hydrogen-bond donors (Lipinski definition) is 2. The van der Waals surface area contributed by atoms with Crippen molar-refractivity contribution in [2.45, 2.75) is 45.2 Å². The number of fused-ring (bicyclic) bond motifs is 1. The number of methoxy groups -OCH3 is 1. The van der Waals surface area contributed by atoms with Crippen LogP contribution in [0.25, 0.3) is 0 Å². The third-order valence-electron chi connectivity index (χ3n) is 4.57. The molecule has 144 valence electrons. The monoisotopic (exact) mass is 390 g/mol. The van der Waals surface area contributed by atoms with Gasteiger partial charge in [0, 0.05) is 21.5 Å². The Morgan fingerprint density at radius 1 is 1.19 bits per heavy atom. The van der Waals surface area contributed by atoms with Crippen LogP contribution in [0.15, 0.2) is 24.3 Å².